The van der Waals surface area contributed by atoms with Gasteiger partial charge in [0.2, 0.25) is 0 Å². The Morgan fingerprint density at radius 1 is 1.29 bits per heavy atom. The summed E-state index contributed by atoms with van der Waals surface area (Å²) >= 11 is 12.4. The predicted octanol–water partition coefficient (Wildman–Crippen LogP) is 3.76. The minimum Gasteiger partial charge on any atom is -0.444 e. The van der Waals surface area contributed by atoms with Gasteiger partial charge in [-0.05, 0) is 44.5 Å². The van der Waals surface area contributed by atoms with Crippen LogP contribution in [0.2, 0.25) is 10.0 Å². The Kier molecular flexibility index (Phi) is 6.74. The zero-order valence-electron chi connectivity index (χ0n) is 16.1. The summed E-state index contributed by atoms with van der Waals surface area (Å²) in [6, 6.07) is 6.84. The van der Waals surface area contributed by atoms with Crippen molar-refractivity contribution in [2.45, 2.75) is 32.9 Å². The molecule has 0 aliphatic carbocycles. The van der Waals surface area contributed by atoms with Crippen molar-refractivity contribution >= 4 is 35.3 Å². The van der Waals surface area contributed by atoms with E-state index in [9.17, 15) is 4.79 Å². The molecule has 0 unspecified atom stereocenters. The van der Waals surface area contributed by atoms with Crippen LogP contribution < -0.4 is 16.5 Å². The predicted molar refractivity (Wildman–Crippen MR) is 112 cm³/mol. The summed E-state index contributed by atoms with van der Waals surface area (Å²) in [5.41, 5.74) is 7.63. The van der Waals surface area contributed by atoms with Crippen LogP contribution in [0, 0.1) is 5.41 Å². The van der Waals surface area contributed by atoms with Gasteiger partial charge in [0.1, 0.15) is 11.1 Å². The van der Waals surface area contributed by atoms with Crippen LogP contribution in [0.25, 0.3) is 11.1 Å². The molecule has 0 radical (unpaired) electrons. The zero-order chi connectivity index (χ0) is 21.1. The Bertz CT molecular complexity index is 977. The van der Waals surface area contributed by atoms with Crippen LogP contribution in [-0.2, 0) is 11.3 Å². The molecule has 0 saturated carbocycles. The maximum atomic E-state index is 12.1. The number of carbonyl (C=O) groups is 1. The molecule has 1 amide bonds. The molecule has 0 aliphatic heterocycles. The first-order valence-electron chi connectivity index (χ1n) is 8.47. The number of nitrogens with one attached hydrogen (secondary N) is 2. The molecule has 1 heterocycles. The largest absolute Gasteiger partial charge is 0.444 e. The van der Waals surface area contributed by atoms with Crippen molar-refractivity contribution in [2.24, 2.45) is 10.7 Å². The van der Waals surface area contributed by atoms with Gasteiger partial charge in [0.05, 0.1) is 0 Å². The fraction of sp³-hybridized carbons (Fsp3) is 0.316. The molecule has 7 nitrogen and oxygen atoms in total. The summed E-state index contributed by atoms with van der Waals surface area (Å²) in [7, 11) is 1.59. The number of rotatable bonds is 3. The lowest BCUT2D eigenvalue weighted by Gasteiger charge is -2.20. The zero-order valence-corrected chi connectivity index (χ0v) is 17.6. The maximum Gasteiger partial charge on any atom is 0.407 e. The SMILES string of the molecule is CN=c1cc(CNC(=O)OC(C)(C)C)c(-c2ccc(Cl)cc2Cl)cn1C(=N)N. The number of alkyl carbamates (subject to hydrolysis) is 1. The molecule has 1 aromatic carbocycles. The van der Waals surface area contributed by atoms with Gasteiger partial charge in [-0.15, -0.1) is 0 Å². The fourth-order valence-electron chi connectivity index (χ4n) is 2.52. The normalized spacial score (nSPS) is 12.0. The van der Waals surface area contributed by atoms with Gasteiger partial charge < -0.3 is 15.8 Å². The molecule has 28 heavy (non-hydrogen) atoms. The van der Waals surface area contributed by atoms with E-state index in [1.807, 2.05) is 0 Å². The number of nitrogen functional groups attached to an aromatic ring is 1. The Labute approximate surface area is 173 Å². The van der Waals surface area contributed by atoms with Gasteiger partial charge in [-0.2, -0.15) is 0 Å². The fourth-order valence-corrected chi connectivity index (χ4v) is 3.04. The molecule has 0 fully saturated rings. The Balaban J connectivity index is 2.53. The van der Waals surface area contributed by atoms with Crippen molar-refractivity contribution in [1.82, 2.24) is 9.88 Å². The quantitative estimate of drug-likeness (QED) is 0.516. The lowest BCUT2D eigenvalue weighted by molar-refractivity contribution is 0.0523. The first-order valence-corrected chi connectivity index (χ1v) is 9.22. The van der Waals surface area contributed by atoms with Gasteiger partial charge in [0.25, 0.3) is 0 Å². The second kappa shape index (κ2) is 8.67. The van der Waals surface area contributed by atoms with Gasteiger partial charge in [0, 0.05) is 41.0 Å². The highest BCUT2D eigenvalue weighted by Gasteiger charge is 2.18. The molecular formula is C19H23Cl2N5O2. The highest BCUT2D eigenvalue weighted by Crippen LogP contribution is 2.32. The van der Waals surface area contributed by atoms with Crippen LogP contribution >= 0.6 is 23.2 Å². The summed E-state index contributed by atoms with van der Waals surface area (Å²) in [6.07, 6.45) is 1.12. The first-order chi connectivity index (χ1) is 13.0. The van der Waals surface area contributed by atoms with Gasteiger partial charge in [-0.25, -0.2) is 4.79 Å². The molecule has 0 bridgehead atoms. The first kappa shape index (κ1) is 21.8. The third kappa shape index (κ3) is 5.50. The van der Waals surface area contributed by atoms with E-state index in [-0.39, 0.29) is 12.5 Å². The lowest BCUT2D eigenvalue weighted by Crippen LogP contribution is -2.35. The number of hydrogen-bond donors (Lipinski definition) is 3. The highest BCUT2D eigenvalue weighted by atomic mass is 35.5. The minimum atomic E-state index is -0.606. The summed E-state index contributed by atoms with van der Waals surface area (Å²) in [5.74, 6) is -0.196. The Morgan fingerprint density at radius 3 is 2.50 bits per heavy atom. The summed E-state index contributed by atoms with van der Waals surface area (Å²) in [5, 5.41) is 11.5. The minimum absolute atomic E-state index is 0.171. The van der Waals surface area contributed by atoms with Crippen molar-refractivity contribution in [1.29, 1.82) is 5.41 Å². The highest BCUT2D eigenvalue weighted by molar-refractivity contribution is 6.36. The van der Waals surface area contributed by atoms with Crippen molar-refractivity contribution in [3.05, 3.63) is 51.6 Å². The second-order valence-electron chi connectivity index (χ2n) is 7.03. The van der Waals surface area contributed by atoms with E-state index < -0.39 is 11.7 Å². The molecular weight excluding hydrogens is 401 g/mol. The molecule has 2 rings (SSSR count). The van der Waals surface area contributed by atoms with Crippen LogP contribution in [0.15, 0.2) is 35.5 Å². The van der Waals surface area contributed by atoms with Crippen LogP contribution in [0.3, 0.4) is 0 Å². The average molecular weight is 424 g/mol. The van der Waals surface area contributed by atoms with E-state index in [2.05, 4.69) is 10.3 Å². The van der Waals surface area contributed by atoms with E-state index in [0.717, 1.165) is 5.56 Å². The molecule has 4 N–H and O–H groups in total. The van der Waals surface area contributed by atoms with Gasteiger partial charge in [-0.1, -0.05) is 29.3 Å². The third-order valence-electron chi connectivity index (χ3n) is 3.69. The number of benzene rings is 1. The number of halogens is 2. The van der Waals surface area contributed by atoms with Crippen molar-refractivity contribution in [3.63, 3.8) is 0 Å². The van der Waals surface area contributed by atoms with Crippen LogP contribution in [0.5, 0.6) is 0 Å². The number of aromatic nitrogens is 1. The van der Waals surface area contributed by atoms with Crippen molar-refractivity contribution < 1.29 is 9.53 Å². The van der Waals surface area contributed by atoms with Gasteiger partial charge in [-0.3, -0.25) is 15.0 Å². The lowest BCUT2D eigenvalue weighted by atomic mass is 10.0. The number of amides is 1. The third-order valence-corrected chi connectivity index (χ3v) is 4.23. The van der Waals surface area contributed by atoms with E-state index in [0.29, 0.717) is 26.7 Å². The van der Waals surface area contributed by atoms with E-state index in [1.54, 1.807) is 58.3 Å². The Hall–Kier alpha value is -2.51. The van der Waals surface area contributed by atoms with Crippen LogP contribution in [-0.4, -0.2) is 29.3 Å². The van der Waals surface area contributed by atoms with E-state index >= 15 is 0 Å². The summed E-state index contributed by atoms with van der Waals surface area (Å²) < 4.78 is 6.71. The summed E-state index contributed by atoms with van der Waals surface area (Å²) in [6.45, 7) is 5.54. The van der Waals surface area contributed by atoms with E-state index in [4.69, 9.17) is 39.1 Å². The van der Waals surface area contributed by atoms with Crippen LogP contribution in [0.1, 0.15) is 26.3 Å². The molecule has 0 saturated heterocycles. The molecule has 0 atom stereocenters. The van der Waals surface area contributed by atoms with Crippen LogP contribution in [0.4, 0.5) is 4.79 Å². The molecule has 0 spiro atoms. The van der Waals surface area contributed by atoms with Crippen molar-refractivity contribution in [2.75, 3.05) is 7.05 Å². The smallest absolute Gasteiger partial charge is 0.407 e. The maximum absolute atomic E-state index is 12.1. The van der Waals surface area contributed by atoms with Crippen molar-refractivity contribution in [3.8, 4) is 11.1 Å². The monoisotopic (exact) mass is 423 g/mol. The number of nitrogens with zero attached hydrogens (tertiary/aromatic N) is 2. The second-order valence-corrected chi connectivity index (χ2v) is 7.87. The molecule has 1 aromatic heterocycles. The average Bonchev–Trinajstić information content (AvgIpc) is 2.58. The number of ether oxygens (including phenoxy) is 1. The number of nitrogens with two attached hydrogens (primary N) is 1. The molecule has 9 heteroatoms. The molecule has 150 valence electrons. The summed E-state index contributed by atoms with van der Waals surface area (Å²) in [4.78, 5) is 16.2. The Morgan fingerprint density at radius 2 is 1.96 bits per heavy atom. The number of hydrogen-bond acceptors (Lipinski definition) is 4. The van der Waals surface area contributed by atoms with E-state index in [1.165, 1.54) is 4.57 Å². The standard InChI is InChI=1S/C19H23Cl2N5O2/c1-19(2,3)28-18(27)25-9-11-7-16(24-4)26(17(22)23)10-14(11)13-6-5-12(20)8-15(13)21/h5-8,10H,9H2,1-4H3,(H3,22,23)(H,25,27). The van der Waals surface area contributed by atoms with Gasteiger partial charge >= 0.3 is 6.09 Å². The number of pyridine rings is 1. The molecule has 2 aromatic rings. The topological polar surface area (TPSA) is 105 Å². The van der Waals surface area contributed by atoms with Gasteiger partial charge in [0.15, 0.2) is 5.96 Å². The number of carbonyl (C=O) groups excluding carboxylic acids is 1. The molecule has 0 aliphatic rings.